The van der Waals surface area contributed by atoms with Crippen LogP contribution >= 0.6 is 11.3 Å². The van der Waals surface area contributed by atoms with Crippen molar-refractivity contribution in [3.8, 4) is 44.9 Å². The van der Waals surface area contributed by atoms with Crippen molar-refractivity contribution in [2.45, 2.75) is 6.92 Å². The van der Waals surface area contributed by atoms with Crippen LogP contribution in [0.3, 0.4) is 0 Å². The molecule has 0 fully saturated rings. The molecular formula is C43H28OS. The van der Waals surface area contributed by atoms with Gasteiger partial charge >= 0.3 is 0 Å². The van der Waals surface area contributed by atoms with E-state index in [2.05, 4.69) is 141 Å². The summed E-state index contributed by atoms with van der Waals surface area (Å²) < 4.78 is 9.22. The fourth-order valence-corrected chi connectivity index (χ4v) is 8.19. The maximum absolute atomic E-state index is 6.53. The standard InChI is InChI=1S/C43H28OS/c1-3-4-9-27-25-40-42-33(26(27)2)11-7-13-36(42)38-24-31(20-21-39(38)44-40)29-16-17-30-23-32(19-18-28(30)22-29)34-12-8-14-37-35-10-5-6-15-41(35)45-43(34)37/h3-25H,1H2,2H3/b9-4-. The third kappa shape index (κ3) is 4.07. The Hall–Kier alpha value is -5.44. The van der Waals surface area contributed by atoms with Gasteiger partial charge in [0.05, 0.1) is 0 Å². The van der Waals surface area contributed by atoms with Crippen molar-refractivity contribution in [3.05, 3.63) is 151 Å². The molecule has 0 saturated heterocycles. The van der Waals surface area contributed by atoms with Crippen LogP contribution in [0.2, 0.25) is 0 Å². The second-order valence-corrected chi connectivity index (χ2v) is 12.8. The van der Waals surface area contributed by atoms with Crippen molar-refractivity contribution < 1.29 is 4.74 Å². The quantitative estimate of drug-likeness (QED) is 0.185. The molecule has 0 radical (unpaired) electrons. The number of benzene rings is 7. The monoisotopic (exact) mass is 592 g/mol. The minimum absolute atomic E-state index is 0.891. The predicted molar refractivity (Wildman–Crippen MR) is 195 cm³/mol. The summed E-state index contributed by atoms with van der Waals surface area (Å²) in [5, 5.41) is 7.54. The van der Waals surface area contributed by atoms with E-state index < -0.39 is 0 Å². The van der Waals surface area contributed by atoms with E-state index in [1.807, 2.05) is 23.5 Å². The van der Waals surface area contributed by atoms with Crippen molar-refractivity contribution >= 4 is 59.1 Å². The highest BCUT2D eigenvalue weighted by Gasteiger charge is 2.22. The molecule has 0 bridgehead atoms. The molecule has 0 amide bonds. The first-order chi connectivity index (χ1) is 22.2. The zero-order valence-corrected chi connectivity index (χ0v) is 25.6. The normalized spacial score (nSPS) is 12.3. The first-order valence-corrected chi connectivity index (χ1v) is 16.1. The second kappa shape index (κ2) is 10.1. The Bertz CT molecular complexity index is 2550. The number of fused-ring (bicyclic) bond motifs is 6. The van der Waals surface area contributed by atoms with Gasteiger partial charge in [0.1, 0.15) is 11.5 Å². The second-order valence-electron chi connectivity index (χ2n) is 11.8. The number of hydrogen-bond acceptors (Lipinski definition) is 2. The summed E-state index contributed by atoms with van der Waals surface area (Å²) in [5.41, 5.74) is 9.67. The van der Waals surface area contributed by atoms with E-state index in [0.717, 1.165) is 22.6 Å². The van der Waals surface area contributed by atoms with Gasteiger partial charge in [-0.25, -0.2) is 0 Å². The molecule has 212 valence electrons. The zero-order valence-electron chi connectivity index (χ0n) is 24.8. The van der Waals surface area contributed by atoms with Crippen molar-refractivity contribution in [3.63, 3.8) is 0 Å². The van der Waals surface area contributed by atoms with Crippen LogP contribution in [0.5, 0.6) is 11.5 Å². The Morgan fingerprint density at radius 1 is 0.600 bits per heavy atom. The van der Waals surface area contributed by atoms with E-state index in [-0.39, 0.29) is 0 Å². The van der Waals surface area contributed by atoms with E-state index >= 15 is 0 Å². The molecule has 8 aromatic rings. The summed E-state index contributed by atoms with van der Waals surface area (Å²) in [5.74, 6) is 1.80. The first kappa shape index (κ1) is 26.0. The molecule has 0 aliphatic carbocycles. The van der Waals surface area contributed by atoms with Crippen LogP contribution < -0.4 is 4.74 Å². The zero-order chi connectivity index (χ0) is 30.1. The van der Waals surface area contributed by atoms with Crippen molar-refractivity contribution in [1.82, 2.24) is 0 Å². The number of ether oxygens (including phenoxy) is 1. The molecule has 9 rings (SSSR count). The summed E-state index contributed by atoms with van der Waals surface area (Å²) in [7, 11) is 0. The van der Waals surface area contributed by atoms with Gasteiger partial charge in [-0.3, -0.25) is 0 Å². The predicted octanol–water partition coefficient (Wildman–Crippen LogP) is 13.0. The van der Waals surface area contributed by atoms with E-state index in [4.69, 9.17) is 4.74 Å². The number of hydrogen-bond donors (Lipinski definition) is 0. The lowest BCUT2D eigenvalue weighted by atomic mass is 9.89. The minimum Gasteiger partial charge on any atom is -0.456 e. The maximum Gasteiger partial charge on any atom is 0.136 e. The lowest BCUT2D eigenvalue weighted by molar-refractivity contribution is 0.487. The van der Waals surface area contributed by atoms with Gasteiger partial charge in [-0.05, 0) is 98.4 Å². The third-order valence-electron chi connectivity index (χ3n) is 9.22. The highest BCUT2D eigenvalue weighted by molar-refractivity contribution is 7.26. The summed E-state index contributed by atoms with van der Waals surface area (Å²) in [6.45, 7) is 6.01. The van der Waals surface area contributed by atoms with Gasteiger partial charge in [0, 0.05) is 31.1 Å². The number of allylic oxidation sites excluding steroid dienone is 2. The molecule has 0 spiro atoms. The van der Waals surface area contributed by atoms with Crippen LogP contribution in [0.1, 0.15) is 11.1 Å². The average molecular weight is 593 g/mol. The highest BCUT2D eigenvalue weighted by Crippen LogP contribution is 2.49. The lowest BCUT2D eigenvalue weighted by Crippen LogP contribution is -1.99. The van der Waals surface area contributed by atoms with Crippen molar-refractivity contribution in [2.24, 2.45) is 0 Å². The molecule has 1 nitrogen and oxygen atoms in total. The molecule has 1 aromatic heterocycles. The van der Waals surface area contributed by atoms with E-state index in [9.17, 15) is 0 Å². The molecule has 0 N–H and O–H groups in total. The van der Waals surface area contributed by atoms with Gasteiger partial charge in [0.2, 0.25) is 0 Å². The minimum atomic E-state index is 0.891. The van der Waals surface area contributed by atoms with Gasteiger partial charge in [0.25, 0.3) is 0 Å². The Labute approximate surface area is 266 Å². The van der Waals surface area contributed by atoms with Crippen LogP contribution in [0.4, 0.5) is 0 Å². The molecule has 2 heterocycles. The van der Waals surface area contributed by atoms with Crippen LogP contribution in [0.25, 0.3) is 81.2 Å². The van der Waals surface area contributed by atoms with Crippen LogP contribution in [-0.2, 0) is 0 Å². The van der Waals surface area contributed by atoms with Gasteiger partial charge in [-0.15, -0.1) is 11.3 Å². The molecule has 45 heavy (non-hydrogen) atoms. The van der Waals surface area contributed by atoms with Gasteiger partial charge < -0.3 is 4.74 Å². The van der Waals surface area contributed by atoms with Gasteiger partial charge in [0.15, 0.2) is 0 Å². The van der Waals surface area contributed by atoms with E-state index in [1.165, 1.54) is 75.1 Å². The molecule has 1 aliphatic rings. The lowest BCUT2D eigenvalue weighted by Gasteiger charge is -2.24. The van der Waals surface area contributed by atoms with Gasteiger partial charge in [-0.2, -0.15) is 0 Å². The molecule has 1 aliphatic heterocycles. The molecular weight excluding hydrogens is 565 g/mol. The van der Waals surface area contributed by atoms with Crippen LogP contribution in [0.15, 0.2) is 140 Å². The summed E-state index contributed by atoms with van der Waals surface area (Å²) in [6, 6.07) is 44.3. The average Bonchev–Trinajstić information content (AvgIpc) is 3.47. The fourth-order valence-electron chi connectivity index (χ4n) is 6.95. The topological polar surface area (TPSA) is 9.23 Å². The molecule has 0 saturated carbocycles. The molecule has 0 atom stereocenters. The molecule has 0 unspecified atom stereocenters. The number of thiophene rings is 1. The summed E-state index contributed by atoms with van der Waals surface area (Å²) in [6.07, 6.45) is 5.88. The van der Waals surface area contributed by atoms with Crippen LogP contribution in [0, 0.1) is 6.92 Å². The maximum atomic E-state index is 6.53. The largest absolute Gasteiger partial charge is 0.456 e. The summed E-state index contributed by atoms with van der Waals surface area (Å²) >= 11 is 1.88. The van der Waals surface area contributed by atoms with E-state index in [0.29, 0.717) is 0 Å². The highest BCUT2D eigenvalue weighted by atomic mass is 32.1. The van der Waals surface area contributed by atoms with E-state index in [1.54, 1.807) is 0 Å². The Morgan fingerprint density at radius 2 is 1.31 bits per heavy atom. The SMILES string of the molecule is C=C/C=C\c1cc2c3c(cccc3c1C)-c1cc(-c3ccc4cc(-c5cccc6c5sc5ccccc56)ccc4c3)ccc1O2. The Balaban J connectivity index is 1.12. The molecule has 7 aromatic carbocycles. The smallest absolute Gasteiger partial charge is 0.136 e. The third-order valence-corrected chi connectivity index (χ3v) is 10.4. The van der Waals surface area contributed by atoms with Crippen LogP contribution in [-0.4, -0.2) is 0 Å². The number of aryl methyl sites for hydroxylation is 1. The van der Waals surface area contributed by atoms with Crippen molar-refractivity contribution in [2.75, 3.05) is 0 Å². The number of rotatable bonds is 4. The summed E-state index contributed by atoms with van der Waals surface area (Å²) in [4.78, 5) is 0. The Kier molecular flexibility index (Phi) is 5.81. The van der Waals surface area contributed by atoms with Gasteiger partial charge in [-0.1, -0.05) is 110 Å². The first-order valence-electron chi connectivity index (χ1n) is 15.3. The fraction of sp³-hybridized carbons (Fsp3) is 0.0233. The Morgan fingerprint density at radius 3 is 2.18 bits per heavy atom. The molecule has 2 heteroatoms. The van der Waals surface area contributed by atoms with Crippen molar-refractivity contribution in [1.29, 1.82) is 0 Å².